The minimum Gasteiger partial charge on any atom is -0.378 e. The molecule has 2 aromatic rings. The Bertz CT molecular complexity index is 662. The predicted molar refractivity (Wildman–Crippen MR) is 72.5 cm³/mol. The fourth-order valence-corrected chi connectivity index (χ4v) is 1.92. The highest BCUT2D eigenvalue weighted by molar-refractivity contribution is 6.30. The molecule has 0 radical (unpaired) electrons. The summed E-state index contributed by atoms with van der Waals surface area (Å²) < 4.78 is 16.0. The molecule has 0 fully saturated rings. The molecule has 1 N–H and O–H groups in total. The van der Waals surface area contributed by atoms with Gasteiger partial charge in [0.25, 0.3) is 5.56 Å². The van der Waals surface area contributed by atoms with E-state index in [9.17, 15) is 9.18 Å². The molecule has 2 aromatic heterocycles. The van der Waals surface area contributed by atoms with Crippen molar-refractivity contribution in [3.05, 3.63) is 39.8 Å². The first-order valence-electron chi connectivity index (χ1n) is 5.76. The summed E-state index contributed by atoms with van der Waals surface area (Å²) in [6.07, 6.45) is 2.65. The van der Waals surface area contributed by atoms with Crippen molar-refractivity contribution in [1.29, 1.82) is 0 Å². The van der Waals surface area contributed by atoms with Crippen molar-refractivity contribution >= 4 is 17.3 Å². The van der Waals surface area contributed by atoms with Crippen LogP contribution in [0, 0.1) is 5.95 Å². The van der Waals surface area contributed by atoms with Gasteiger partial charge in [-0.3, -0.25) is 9.36 Å². The highest BCUT2D eigenvalue weighted by atomic mass is 35.5. The molecule has 0 amide bonds. The first-order chi connectivity index (χ1) is 8.90. The molecule has 2 heterocycles. The highest BCUT2D eigenvalue weighted by Gasteiger charge is 2.14. The molecule has 7 heteroatoms. The first kappa shape index (κ1) is 13.6. The van der Waals surface area contributed by atoms with Gasteiger partial charge in [-0.05, 0) is 19.9 Å². The Morgan fingerprint density at radius 3 is 2.68 bits per heavy atom. The molecule has 0 saturated heterocycles. The number of nitrogens with one attached hydrogen (secondary N) is 1. The van der Waals surface area contributed by atoms with Crippen LogP contribution in [0.5, 0.6) is 0 Å². The fourth-order valence-electron chi connectivity index (χ4n) is 1.71. The summed E-state index contributed by atoms with van der Waals surface area (Å²) in [7, 11) is 1.46. The third-order valence-electron chi connectivity index (χ3n) is 2.54. The van der Waals surface area contributed by atoms with E-state index >= 15 is 0 Å². The van der Waals surface area contributed by atoms with Crippen molar-refractivity contribution in [1.82, 2.24) is 14.3 Å². The van der Waals surface area contributed by atoms with Crippen molar-refractivity contribution in [2.75, 3.05) is 5.32 Å². The second kappa shape index (κ2) is 5.05. The van der Waals surface area contributed by atoms with Crippen LogP contribution >= 0.6 is 11.6 Å². The van der Waals surface area contributed by atoms with Crippen molar-refractivity contribution < 1.29 is 4.39 Å². The van der Waals surface area contributed by atoms with Crippen LogP contribution in [0.25, 0.3) is 5.69 Å². The lowest BCUT2D eigenvalue weighted by atomic mass is 10.3. The number of pyridine rings is 1. The summed E-state index contributed by atoms with van der Waals surface area (Å²) in [5.41, 5.74) is 0.0255. The van der Waals surface area contributed by atoms with E-state index in [0.717, 1.165) is 9.25 Å². The standard InChI is InChI=1S/C12H14ClFN4O/c1-7(2)16-9-4-8(13)6-18(12(9)19)10-5-15-17(3)11(10)14/h4-7,16H,1-3H3. The predicted octanol–water partition coefficient (Wildman–Crippen LogP) is 2.18. The molecular weight excluding hydrogens is 271 g/mol. The van der Waals surface area contributed by atoms with Crippen LogP contribution in [-0.2, 0) is 7.05 Å². The van der Waals surface area contributed by atoms with Gasteiger partial charge in [0.2, 0.25) is 5.95 Å². The van der Waals surface area contributed by atoms with E-state index in [-0.39, 0.29) is 17.3 Å². The molecule has 5 nitrogen and oxygen atoms in total. The number of aromatic nitrogens is 3. The number of rotatable bonds is 3. The fraction of sp³-hybridized carbons (Fsp3) is 0.333. The molecule has 0 bridgehead atoms. The van der Waals surface area contributed by atoms with Gasteiger partial charge < -0.3 is 5.32 Å². The molecule has 0 aliphatic carbocycles. The average Bonchev–Trinajstić information content (AvgIpc) is 2.64. The van der Waals surface area contributed by atoms with Crippen molar-refractivity contribution in [2.24, 2.45) is 7.05 Å². The number of anilines is 1. The van der Waals surface area contributed by atoms with Gasteiger partial charge in [0.15, 0.2) is 0 Å². The number of hydrogen-bond acceptors (Lipinski definition) is 3. The molecular formula is C12H14ClFN4O. The summed E-state index contributed by atoms with van der Waals surface area (Å²) in [6.45, 7) is 3.80. The Labute approximate surface area is 114 Å². The van der Waals surface area contributed by atoms with Gasteiger partial charge >= 0.3 is 0 Å². The maximum atomic E-state index is 13.8. The molecule has 102 valence electrons. The molecule has 0 saturated carbocycles. The average molecular weight is 285 g/mol. The summed E-state index contributed by atoms with van der Waals surface area (Å²) in [5.74, 6) is -0.597. The minimum atomic E-state index is -0.597. The topological polar surface area (TPSA) is 51.9 Å². The minimum absolute atomic E-state index is 0.0679. The molecule has 0 spiro atoms. The Hall–Kier alpha value is -1.82. The quantitative estimate of drug-likeness (QED) is 0.940. The zero-order valence-electron chi connectivity index (χ0n) is 10.8. The number of nitrogens with zero attached hydrogens (tertiary/aromatic N) is 3. The van der Waals surface area contributed by atoms with Crippen LogP contribution in [0.3, 0.4) is 0 Å². The second-order valence-corrected chi connectivity index (χ2v) is 4.93. The zero-order valence-corrected chi connectivity index (χ0v) is 11.6. The van der Waals surface area contributed by atoms with E-state index < -0.39 is 5.95 Å². The molecule has 2 rings (SSSR count). The van der Waals surface area contributed by atoms with E-state index in [0.29, 0.717) is 10.7 Å². The lowest BCUT2D eigenvalue weighted by Gasteiger charge is -2.12. The molecule has 0 aromatic carbocycles. The van der Waals surface area contributed by atoms with Gasteiger partial charge in [0.1, 0.15) is 11.4 Å². The van der Waals surface area contributed by atoms with E-state index in [1.54, 1.807) is 0 Å². The Morgan fingerprint density at radius 1 is 1.47 bits per heavy atom. The van der Waals surface area contributed by atoms with Crippen LogP contribution in [0.2, 0.25) is 5.02 Å². The van der Waals surface area contributed by atoms with E-state index in [2.05, 4.69) is 10.4 Å². The summed E-state index contributed by atoms with van der Waals surface area (Å²) in [6, 6.07) is 1.59. The van der Waals surface area contributed by atoms with Gasteiger partial charge in [0.05, 0.1) is 11.2 Å². The molecule has 0 aliphatic rings. The highest BCUT2D eigenvalue weighted by Crippen LogP contribution is 2.16. The van der Waals surface area contributed by atoms with Gasteiger partial charge in [-0.1, -0.05) is 11.6 Å². The molecule has 0 atom stereocenters. The Balaban J connectivity index is 2.61. The summed E-state index contributed by atoms with van der Waals surface area (Å²) in [5, 5.41) is 7.09. The maximum Gasteiger partial charge on any atom is 0.278 e. The third kappa shape index (κ3) is 2.63. The van der Waals surface area contributed by atoms with Crippen molar-refractivity contribution in [3.63, 3.8) is 0 Å². The van der Waals surface area contributed by atoms with Gasteiger partial charge in [0, 0.05) is 19.3 Å². The third-order valence-corrected chi connectivity index (χ3v) is 2.74. The van der Waals surface area contributed by atoms with Crippen LogP contribution in [0.4, 0.5) is 10.1 Å². The number of hydrogen-bond donors (Lipinski definition) is 1. The van der Waals surface area contributed by atoms with Crippen LogP contribution in [-0.4, -0.2) is 20.4 Å². The number of aryl methyl sites for hydroxylation is 1. The smallest absolute Gasteiger partial charge is 0.278 e. The van der Waals surface area contributed by atoms with Crippen molar-refractivity contribution in [2.45, 2.75) is 19.9 Å². The van der Waals surface area contributed by atoms with Gasteiger partial charge in [-0.15, -0.1) is 0 Å². The van der Waals surface area contributed by atoms with Gasteiger partial charge in [-0.25, -0.2) is 4.68 Å². The monoisotopic (exact) mass is 284 g/mol. The zero-order chi connectivity index (χ0) is 14.2. The second-order valence-electron chi connectivity index (χ2n) is 4.49. The molecule has 19 heavy (non-hydrogen) atoms. The SMILES string of the molecule is CC(C)Nc1cc(Cl)cn(-c2cnn(C)c2F)c1=O. The van der Waals surface area contributed by atoms with E-state index in [1.807, 2.05) is 13.8 Å². The maximum absolute atomic E-state index is 13.8. The number of halogens is 2. The van der Waals surface area contributed by atoms with E-state index in [4.69, 9.17) is 11.6 Å². The summed E-state index contributed by atoms with van der Waals surface area (Å²) >= 11 is 5.97. The first-order valence-corrected chi connectivity index (χ1v) is 6.14. The largest absolute Gasteiger partial charge is 0.378 e. The van der Waals surface area contributed by atoms with E-state index in [1.165, 1.54) is 25.5 Å². The lowest BCUT2D eigenvalue weighted by molar-refractivity contribution is 0.499. The lowest BCUT2D eigenvalue weighted by Crippen LogP contribution is -2.25. The Kier molecular flexibility index (Phi) is 3.61. The Morgan fingerprint density at radius 2 is 2.16 bits per heavy atom. The summed E-state index contributed by atoms with van der Waals surface area (Å²) in [4.78, 5) is 12.3. The normalized spacial score (nSPS) is 11.1. The van der Waals surface area contributed by atoms with Crippen LogP contribution in [0.15, 0.2) is 23.3 Å². The molecule has 0 aliphatic heterocycles. The van der Waals surface area contributed by atoms with Crippen molar-refractivity contribution in [3.8, 4) is 5.69 Å². The van der Waals surface area contributed by atoms with Gasteiger partial charge in [-0.2, -0.15) is 9.49 Å². The molecule has 0 unspecified atom stereocenters. The van der Waals surface area contributed by atoms with Crippen LogP contribution in [0.1, 0.15) is 13.8 Å². The van der Waals surface area contributed by atoms with Crippen LogP contribution < -0.4 is 10.9 Å².